The molecule has 52 valence electrons. The lowest BCUT2D eigenvalue weighted by Gasteiger charge is -1.89. The summed E-state index contributed by atoms with van der Waals surface area (Å²) in [4.78, 5) is 10.3. The Hall–Kier alpha value is -0.890. The average molecular weight is 157 g/mol. The van der Waals surface area contributed by atoms with Gasteiger partial charge in [0.1, 0.15) is 0 Å². The van der Waals surface area contributed by atoms with E-state index in [2.05, 4.69) is 0 Å². The Balaban J connectivity index is 3.30. The van der Waals surface area contributed by atoms with Crippen LogP contribution < -0.4 is 4.09 Å². The second kappa shape index (κ2) is 2.80. The fourth-order valence-corrected chi connectivity index (χ4v) is 0.979. The average Bonchev–Trinajstić information content (AvgIpc) is 1.88. The molecule has 3 heteroatoms. The van der Waals surface area contributed by atoms with E-state index >= 15 is 0 Å². The quantitative estimate of drug-likeness (QED) is 0.558. The maximum Gasteiger partial charge on any atom is 0.269 e. The lowest BCUT2D eigenvalue weighted by atomic mass is 10.2. The topological polar surface area (TPSA) is 20.9 Å². The first-order valence-electron chi connectivity index (χ1n) is 2.88. The van der Waals surface area contributed by atoms with Gasteiger partial charge in [0.05, 0.1) is 0 Å². The van der Waals surface area contributed by atoms with Crippen LogP contribution in [0.4, 0.5) is 0 Å². The molecular weight excluding hydrogens is 150 g/mol. The molecule has 0 aliphatic rings. The number of carbonyl (C=O) groups is 1. The molecule has 0 unspecified atom stereocenters. The molecule has 0 atom stereocenters. The molecule has 0 N–H and O–H groups in total. The second-order valence-electron chi connectivity index (χ2n) is 2.01. The molecule has 1 rings (SSSR count). The molecule has 2 nitrogen and oxygen atoms in total. The molecule has 1 aromatic heterocycles. The van der Waals surface area contributed by atoms with Gasteiger partial charge in [0, 0.05) is 11.6 Å². The molecule has 0 aromatic carbocycles. The number of aromatic nitrogens is 1. The SMILES string of the molecule is Cc1ccc[n+](Cl)c1C=O. The minimum absolute atomic E-state index is 0.504. The van der Waals surface area contributed by atoms with E-state index in [0.29, 0.717) is 5.69 Å². The van der Waals surface area contributed by atoms with Crippen molar-refractivity contribution in [2.24, 2.45) is 0 Å². The third kappa shape index (κ3) is 1.16. The van der Waals surface area contributed by atoms with E-state index in [4.69, 9.17) is 11.8 Å². The molecule has 1 heterocycles. The minimum Gasteiger partial charge on any atom is -0.291 e. The van der Waals surface area contributed by atoms with Crippen molar-refractivity contribution in [2.75, 3.05) is 0 Å². The molecule has 0 fully saturated rings. The largest absolute Gasteiger partial charge is 0.291 e. The summed E-state index contributed by atoms with van der Waals surface area (Å²) in [5.74, 6) is 0. The van der Waals surface area contributed by atoms with E-state index in [-0.39, 0.29) is 0 Å². The van der Waals surface area contributed by atoms with E-state index in [1.807, 2.05) is 13.0 Å². The third-order valence-electron chi connectivity index (χ3n) is 1.31. The Kier molecular flexibility index (Phi) is 2.02. The highest BCUT2D eigenvalue weighted by molar-refractivity contribution is 6.05. The Morgan fingerprint density at radius 2 is 2.40 bits per heavy atom. The normalized spacial score (nSPS) is 9.40. The number of halogens is 1. The maximum atomic E-state index is 10.3. The molecule has 0 spiro atoms. The Morgan fingerprint density at radius 3 is 2.80 bits per heavy atom. The van der Waals surface area contributed by atoms with Gasteiger partial charge in [-0.05, 0) is 13.0 Å². The third-order valence-corrected chi connectivity index (χ3v) is 1.60. The molecule has 0 amide bonds. The minimum atomic E-state index is 0.504. The van der Waals surface area contributed by atoms with Gasteiger partial charge in [-0.3, -0.25) is 4.79 Å². The van der Waals surface area contributed by atoms with Crippen LogP contribution in [-0.2, 0) is 0 Å². The Bertz CT molecular complexity index is 240. The summed E-state index contributed by atoms with van der Waals surface area (Å²) in [6.07, 6.45) is 2.36. The van der Waals surface area contributed by atoms with E-state index in [1.54, 1.807) is 12.3 Å². The summed E-state index contributed by atoms with van der Waals surface area (Å²) in [5, 5.41) is 0. The number of hydrogen-bond acceptors (Lipinski definition) is 1. The summed E-state index contributed by atoms with van der Waals surface area (Å²) in [5.41, 5.74) is 1.39. The van der Waals surface area contributed by atoms with E-state index in [1.165, 1.54) is 4.09 Å². The molecule has 1 aromatic rings. The van der Waals surface area contributed by atoms with Gasteiger partial charge < -0.3 is 0 Å². The van der Waals surface area contributed by atoms with Crippen LogP contribution in [-0.4, -0.2) is 6.29 Å². The smallest absolute Gasteiger partial charge is 0.269 e. The Labute approximate surface area is 64.2 Å². The van der Waals surface area contributed by atoms with Crippen molar-refractivity contribution in [2.45, 2.75) is 6.92 Å². The predicted octanol–water partition coefficient (Wildman–Crippen LogP) is 1.10. The van der Waals surface area contributed by atoms with Crippen LogP contribution in [0.5, 0.6) is 0 Å². The molecular formula is C7H7ClNO+. The van der Waals surface area contributed by atoms with Crippen LogP contribution in [0.15, 0.2) is 18.3 Å². The van der Waals surface area contributed by atoms with Crippen molar-refractivity contribution in [3.63, 3.8) is 0 Å². The van der Waals surface area contributed by atoms with Crippen LogP contribution >= 0.6 is 11.8 Å². The first-order chi connectivity index (χ1) is 4.75. The first-order valence-corrected chi connectivity index (χ1v) is 3.22. The maximum absolute atomic E-state index is 10.3. The van der Waals surface area contributed by atoms with Crippen LogP contribution in [0.25, 0.3) is 0 Å². The number of hydrogen-bond donors (Lipinski definition) is 0. The number of pyridine rings is 1. The van der Waals surface area contributed by atoms with Gasteiger partial charge in [-0.15, -0.1) is 0 Å². The van der Waals surface area contributed by atoms with Crippen molar-refractivity contribution in [1.82, 2.24) is 0 Å². The monoisotopic (exact) mass is 156 g/mol. The number of aryl methyl sites for hydroxylation is 1. The molecule has 0 aliphatic heterocycles. The number of nitrogens with zero attached hydrogens (tertiary/aromatic N) is 1. The van der Waals surface area contributed by atoms with Gasteiger partial charge in [0.25, 0.3) is 17.5 Å². The molecule has 0 bridgehead atoms. The van der Waals surface area contributed by atoms with Gasteiger partial charge in [-0.1, -0.05) is 4.09 Å². The lowest BCUT2D eigenvalue weighted by Crippen LogP contribution is -2.26. The highest BCUT2D eigenvalue weighted by Gasteiger charge is 2.09. The van der Waals surface area contributed by atoms with Gasteiger partial charge >= 0.3 is 0 Å². The van der Waals surface area contributed by atoms with E-state index < -0.39 is 0 Å². The van der Waals surface area contributed by atoms with Crippen molar-refractivity contribution >= 4 is 18.1 Å². The fourth-order valence-electron chi connectivity index (χ4n) is 0.740. The zero-order valence-electron chi connectivity index (χ0n) is 5.54. The molecule has 0 radical (unpaired) electrons. The van der Waals surface area contributed by atoms with E-state index in [9.17, 15) is 4.79 Å². The number of rotatable bonds is 1. The van der Waals surface area contributed by atoms with Crippen molar-refractivity contribution in [3.8, 4) is 0 Å². The highest BCUT2D eigenvalue weighted by Crippen LogP contribution is 1.97. The number of carbonyl (C=O) groups excluding carboxylic acids is 1. The molecule has 0 aliphatic carbocycles. The summed E-state index contributed by atoms with van der Waals surface area (Å²) in [7, 11) is 0. The van der Waals surface area contributed by atoms with Gasteiger partial charge in [0.15, 0.2) is 6.20 Å². The van der Waals surface area contributed by atoms with Crippen LogP contribution in [0.3, 0.4) is 0 Å². The van der Waals surface area contributed by atoms with E-state index in [0.717, 1.165) is 11.8 Å². The second-order valence-corrected chi connectivity index (χ2v) is 2.37. The fraction of sp³-hybridized carbons (Fsp3) is 0.143. The molecule has 0 saturated heterocycles. The predicted molar refractivity (Wildman–Crippen MR) is 38.0 cm³/mol. The van der Waals surface area contributed by atoms with Crippen molar-refractivity contribution in [3.05, 3.63) is 29.6 Å². The molecule has 0 saturated carbocycles. The summed E-state index contributed by atoms with van der Waals surface area (Å²) in [6.45, 7) is 1.84. The zero-order valence-corrected chi connectivity index (χ0v) is 6.30. The summed E-state index contributed by atoms with van der Waals surface area (Å²) >= 11 is 5.62. The lowest BCUT2D eigenvalue weighted by molar-refractivity contribution is -0.521. The first kappa shape index (κ1) is 7.22. The van der Waals surface area contributed by atoms with Crippen molar-refractivity contribution in [1.29, 1.82) is 0 Å². The Morgan fingerprint density at radius 1 is 1.70 bits per heavy atom. The van der Waals surface area contributed by atoms with Crippen molar-refractivity contribution < 1.29 is 8.88 Å². The van der Waals surface area contributed by atoms with Crippen LogP contribution in [0.1, 0.15) is 16.1 Å². The molecule has 10 heavy (non-hydrogen) atoms. The van der Waals surface area contributed by atoms with Gasteiger partial charge in [0.2, 0.25) is 6.29 Å². The van der Waals surface area contributed by atoms with Crippen LogP contribution in [0.2, 0.25) is 0 Å². The highest BCUT2D eigenvalue weighted by atomic mass is 35.5. The number of aldehydes is 1. The van der Waals surface area contributed by atoms with Gasteiger partial charge in [-0.25, -0.2) is 0 Å². The zero-order chi connectivity index (χ0) is 7.56. The van der Waals surface area contributed by atoms with Crippen LogP contribution in [0, 0.1) is 6.92 Å². The summed E-state index contributed by atoms with van der Waals surface area (Å²) < 4.78 is 1.28. The standard InChI is InChI=1S/C7H7ClNO/c1-6-3-2-4-9(8)7(6)5-10/h2-5H,1H3/q+1. The summed E-state index contributed by atoms with van der Waals surface area (Å²) in [6, 6.07) is 3.62. The van der Waals surface area contributed by atoms with Gasteiger partial charge in [-0.2, -0.15) is 0 Å².